The fourth-order valence-electron chi connectivity index (χ4n) is 2.43. The Balaban J connectivity index is 3.21. The van der Waals surface area contributed by atoms with Gasteiger partial charge in [-0.05, 0) is 11.8 Å². The fraction of sp³-hybridized carbons (Fsp3) is 0.667. The molecule has 1 rings (SSSR count). The molecule has 1 aliphatic carbocycles. The Morgan fingerprint density at radius 1 is 1.57 bits per heavy atom. The van der Waals surface area contributed by atoms with Gasteiger partial charge < -0.3 is 14.9 Å². The maximum Gasteiger partial charge on any atom is 0.316 e. The number of ether oxygens (including phenoxy) is 1. The number of carbonyl (C=O) groups excluding carboxylic acids is 2. The van der Waals surface area contributed by atoms with Gasteiger partial charge in [-0.3, -0.25) is 14.6 Å². The molecule has 0 radical (unpaired) electrons. The van der Waals surface area contributed by atoms with Crippen LogP contribution in [0.1, 0.15) is 33.6 Å². The third kappa shape index (κ3) is 3.69. The summed E-state index contributed by atoms with van der Waals surface area (Å²) in [6.07, 6.45) is 1.99. The van der Waals surface area contributed by atoms with Gasteiger partial charge in [0.2, 0.25) is 0 Å². The summed E-state index contributed by atoms with van der Waals surface area (Å²) in [5, 5.41) is 19.4. The molecule has 0 fully saturated rings. The summed E-state index contributed by atoms with van der Waals surface area (Å²) in [5.41, 5.74) is -0.691. The molecule has 0 saturated carbocycles. The van der Waals surface area contributed by atoms with Crippen molar-refractivity contribution in [2.75, 3.05) is 13.7 Å². The lowest BCUT2D eigenvalue weighted by molar-refractivity contribution is -0.150. The molecule has 0 aromatic rings. The number of aliphatic hydroxyl groups excluding tert-OH is 2. The largest absolute Gasteiger partial charge is 0.511 e. The molecule has 2 atom stereocenters. The molecule has 0 bridgehead atoms. The standard InChI is InChI=1S/C15H23NO5/c1-5-9(8-17)16-7-10-11(18)6-15(2,3)12(13(10)19)14(20)21-4/h7,9,12,17,19H,5-6,8H2,1-4H3/t9-,12-/m0/s1. The van der Waals surface area contributed by atoms with Crippen LogP contribution in [0.15, 0.2) is 16.3 Å². The maximum absolute atomic E-state index is 12.1. The topological polar surface area (TPSA) is 96.2 Å². The van der Waals surface area contributed by atoms with Gasteiger partial charge in [-0.2, -0.15) is 0 Å². The minimum atomic E-state index is -0.893. The number of carbonyl (C=O) groups is 2. The summed E-state index contributed by atoms with van der Waals surface area (Å²) in [4.78, 5) is 28.1. The summed E-state index contributed by atoms with van der Waals surface area (Å²) in [5.74, 6) is -2.05. The van der Waals surface area contributed by atoms with Crippen molar-refractivity contribution >= 4 is 18.0 Å². The highest BCUT2D eigenvalue weighted by molar-refractivity contribution is 6.15. The lowest BCUT2D eigenvalue weighted by atomic mass is 9.68. The van der Waals surface area contributed by atoms with Gasteiger partial charge in [0.1, 0.15) is 11.7 Å². The van der Waals surface area contributed by atoms with Gasteiger partial charge in [-0.25, -0.2) is 0 Å². The average Bonchev–Trinajstić information content (AvgIpc) is 2.41. The van der Waals surface area contributed by atoms with Gasteiger partial charge in [0.05, 0.1) is 25.3 Å². The minimum absolute atomic E-state index is 0.0247. The Morgan fingerprint density at radius 2 is 2.19 bits per heavy atom. The highest BCUT2D eigenvalue weighted by Crippen LogP contribution is 2.41. The number of allylic oxidation sites excluding steroid dienone is 1. The summed E-state index contributed by atoms with van der Waals surface area (Å²) >= 11 is 0. The van der Waals surface area contributed by atoms with Crippen molar-refractivity contribution in [1.29, 1.82) is 0 Å². The van der Waals surface area contributed by atoms with Crippen LogP contribution in [-0.4, -0.2) is 47.9 Å². The molecular formula is C15H23NO5. The van der Waals surface area contributed by atoms with Crippen molar-refractivity contribution in [3.8, 4) is 0 Å². The summed E-state index contributed by atoms with van der Waals surface area (Å²) in [6, 6.07) is -0.329. The monoisotopic (exact) mass is 297 g/mol. The van der Waals surface area contributed by atoms with Crippen LogP contribution in [-0.2, 0) is 14.3 Å². The van der Waals surface area contributed by atoms with Crippen molar-refractivity contribution in [2.24, 2.45) is 16.3 Å². The molecule has 1 aliphatic rings. The number of hydrogen-bond donors (Lipinski definition) is 2. The molecule has 21 heavy (non-hydrogen) atoms. The molecule has 2 N–H and O–H groups in total. The summed E-state index contributed by atoms with van der Waals surface area (Å²) in [7, 11) is 1.24. The second-order valence-electron chi connectivity index (χ2n) is 5.87. The van der Waals surface area contributed by atoms with Crippen LogP contribution in [0.3, 0.4) is 0 Å². The third-order valence-electron chi connectivity index (χ3n) is 3.78. The maximum atomic E-state index is 12.1. The molecule has 6 heteroatoms. The number of Topliss-reactive ketones (excluding diaryl/α,β-unsaturated/α-hetero) is 1. The fourth-order valence-corrected chi connectivity index (χ4v) is 2.43. The van der Waals surface area contributed by atoms with Crippen molar-refractivity contribution in [1.82, 2.24) is 0 Å². The lowest BCUT2D eigenvalue weighted by Gasteiger charge is -2.35. The number of aliphatic hydroxyl groups is 2. The van der Waals surface area contributed by atoms with Crippen LogP contribution in [0.2, 0.25) is 0 Å². The minimum Gasteiger partial charge on any atom is -0.511 e. The SMILES string of the molecule is CC[C@@H](CO)N=CC1=C(O)[C@@H](C(=O)OC)C(C)(C)CC1=O. The molecule has 0 heterocycles. The van der Waals surface area contributed by atoms with Crippen LogP contribution in [0.5, 0.6) is 0 Å². The number of aliphatic imine (C=N–C) groups is 1. The van der Waals surface area contributed by atoms with E-state index in [0.29, 0.717) is 6.42 Å². The van der Waals surface area contributed by atoms with Crippen LogP contribution >= 0.6 is 0 Å². The Bertz CT molecular complexity index is 474. The van der Waals surface area contributed by atoms with Gasteiger partial charge in [0.25, 0.3) is 0 Å². The molecule has 118 valence electrons. The van der Waals surface area contributed by atoms with Crippen molar-refractivity contribution in [2.45, 2.75) is 39.7 Å². The van der Waals surface area contributed by atoms with Crippen LogP contribution in [0.4, 0.5) is 0 Å². The predicted molar refractivity (Wildman–Crippen MR) is 78.2 cm³/mol. The van der Waals surface area contributed by atoms with Gasteiger partial charge in [-0.15, -0.1) is 0 Å². The summed E-state index contributed by atoms with van der Waals surface area (Å²) < 4.78 is 4.72. The van der Waals surface area contributed by atoms with E-state index < -0.39 is 17.3 Å². The first-order valence-electron chi connectivity index (χ1n) is 6.96. The zero-order chi connectivity index (χ0) is 16.2. The van der Waals surface area contributed by atoms with Crippen molar-refractivity contribution in [3.63, 3.8) is 0 Å². The van der Waals surface area contributed by atoms with Crippen LogP contribution in [0, 0.1) is 11.3 Å². The average molecular weight is 297 g/mol. The molecule has 0 unspecified atom stereocenters. The van der Waals surface area contributed by atoms with Gasteiger partial charge in [-0.1, -0.05) is 20.8 Å². The second-order valence-corrected chi connectivity index (χ2v) is 5.87. The molecule has 0 aromatic heterocycles. The normalized spacial score (nSPS) is 23.5. The first-order chi connectivity index (χ1) is 9.78. The Labute approximate surface area is 124 Å². The van der Waals surface area contributed by atoms with E-state index in [2.05, 4.69) is 4.99 Å². The van der Waals surface area contributed by atoms with E-state index >= 15 is 0 Å². The molecule has 0 aromatic carbocycles. The first kappa shape index (κ1) is 17.4. The van der Waals surface area contributed by atoms with Crippen LogP contribution < -0.4 is 0 Å². The molecule has 0 aliphatic heterocycles. The number of rotatable bonds is 5. The Hall–Kier alpha value is -1.69. The van der Waals surface area contributed by atoms with E-state index in [0.717, 1.165) is 0 Å². The molecular weight excluding hydrogens is 274 g/mol. The highest BCUT2D eigenvalue weighted by atomic mass is 16.5. The van der Waals surface area contributed by atoms with Crippen molar-refractivity contribution < 1.29 is 24.5 Å². The van der Waals surface area contributed by atoms with E-state index in [-0.39, 0.29) is 36.2 Å². The van der Waals surface area contributed by atoms with E-state index in [1.807, 2.05) is 6.92 Å². The van der Waals surface area contributed by atoms with E-state index in [9.17, 15) is 14.7 Å². The molecule has 0 amide bonds. The number of methoxy groups -OCH3 is 1. The van der Waals surface area contributed by atoms with Crippen LogP contribution in [0.25, 0.3) is 0 Å². The molecule has 6 nitrogen and oxygen atoms in total. The van der Waals surface area contributed by atoms with Gasteiger partial charge in [0, 0.05) is 12.6 Å². The Morgan fingerprint density at radius 3 is 2.67 bits per heavy atom. The van der Waals surface area contributed by atoms with Gasteiger partial charge in [0.15, 0.2) is 5.78 Å². The summed E-state index contributed by atoms with van der Waals surface area (Å²) in [6.45, 7) is 5.19. The third-order valence-corrected chi connectivity index (χ3v) is 3.78. The van der Waals surface area contributed by atoms with Crippen molar-refractivity contribution in [3.05, 3.63) is 11.3 Å². The smallest absolute Gasteiger partial charge is 0.316 e. The first-order valence-corrected chi connectivity index (χ1v) is 6.96. The number of esters is 1. The zero-order valence-corrected chi connectivity index (χ0v) is 12.9. The number of ketones is 1. The highest BCUT2D eigenvalue weighted by Gasteiger charge is 2.46. The molecule has 0 saturated heterocycles. The second kappa shape index (κ2) is 6.85. The van der Waals surface area contributed by atoms with Gasteiger partial charge >= 0.3 is 5.97 Å². The predicted octanol–water partition coefficient (Wildman–Crippen LogP) is 1.43. The van der Waals surface area contributed by atoms with E-state index in [4.69, 9.17) is 9.84 Å². The van der Waals surface area contributed by atoms with E-state index in [1.165, 1.54) is 13.3 Å². The lowest BCUT2D eigenvalue weighted by Crippen LogP contribution is -2.40. The number of hydrogen-bond acceptors (Lipinski definition) is 6. The Kier molecular flexibility index (Phi) is 5.66. The number of nitrogens with zero attached hydrogens (tertiary/aromatic N) is 1. The quantitative estimate of drug-likeness (QED) is 0.591. The zero-order valence-electron chi connectivity index (χ0n) is 12.9. The van der Waals surface area contributed by atoms with E-state index in [1.54, 1.807) is 13.8 Å². The molecule has 0 spiro atoms.